The van der Waals surface area contributed by atoms with Crippen LogP contribution in [0.2, 0.25) is 0 Å². The molecule has 1 N–H and O–H groups in total. The van der Waals surface area contributed by atoms with Crippen molar-refractivity contribution in [2.75, 3.05) is 6.54 Å². The molecule has 0 aromatic carbocycles. The lowest BCUT2D eigenvalue weighted by atomic mass is 9.82. The summed E-state index contributed by atoms with van der Waals surface area (Å²) in [5.41, 5.74) is 1.50. The van der Waals surface area contributed by atoms with Crippen molar-refractivity contribution >= 4 is 11.3 Å². The van der Waals surface area contributed by atoms with E-state index in [0.29, 0.717) is 0 Å². The van der Waals surface area contributed by atoms with E-state index in [2.05, 4.69) is 32.2 Å². The number of hydrogen-bond donors (Lipinski definition) is 1. The smallest absolute Gasteiger partial charge is 0.0216 e. The molecule has 96 valence electrons. The van der Waals surface area contributed by atoms with Crippen LogP contribution >= 0.6 is 11.3 Å². The Hall–Kier alpha value is -0.340. The van der Waals surface area contributed by atoms with Gasteiger partial charge in [-0.15, -0.1) is 11.3 Å². The van der Waals surface area contributed by atoms with Crippen LogP contribution in [0.5, 0.6) is 0 Å². The minimum atomic E-state index is 0.916. The SMILES string of the molecule is Cc1cc(CNCC2CCCC(C)C2)c(C)s1. The molecule has 0 spiro atoms. The summed E-state index contributed by atoms with van der Waals surface area (Å²) in [6, 6.07) is 2.33. The summed E-state index contributed by atoms with van der Waals surface area (Å²) in [6.45, 7) is 9.10. The van der Waals surface area contributed by atoms with E-state index in [1.54, 1.807) is 0 Å². The number of hydrogen-bond acceptors (Lipinski definition) is 2. The van der Waals surface area contributed by atoms with Gasteiger partial charge in [0.05, 0.1) is 0 Å². The lowest BCUT2D eigenvalue weighted by molar-refractivity contribution is 0.274. The van der Waals surface area contributed by atoms with Crippen LogP contribution in [-0.4, -0.2) is 6.54 Å². The molecule has 1 aromatic rings. The van der Waals surface area contributed by atoms with E-state index in [9.17, 15) is 0 Å². The second-order valence-corrected chi connectivity index (χ2v) is 7.17. The van der Waals surface area contributed by atoms with Gasteiger partial charge in [0.2, 0.25) is 0 Å². The maximum absolute atomic E-state index is 3.65. The zero-order valence-electron chi connectivity index (χ0n) is 11.4. The predicted octanol–water partition coefficient (Wildman–Crippen LogP) is 4.28. The Morgan fingerprint density at radius 3 is 2.82 bits per heavy atom. The van der Waals surface area contributed by atoms with Crippen molar-refractivity contribution in [2.45, 2.75) is 53.0 Å². The van der Waals surface area contributed by atoms with Gasteiger partial charge in [-0.25, -0.2) is 0 Å². The Bertz CT molecular complexity index is 356. The lowest BCUT2D eigenvalue weighted by Crippen LogP contribution is -2.26. The van der Waals surface area contributed by atoms with Crippen LogP contribution in [0.15, 0.2) is 6.07 Å². The van der Waals surface area contributed by atoms with E-state index in [1.807, 2.05) is 11.3 Å². The highest BCUT2D eigenvalue weighted by atomic mass is 32.1. The summed E-state index contributed by atoms with van der Waals surface area (Å²) in [7, 11) is 0. The van der Waals surface area contributed by atoms with E-state index >= 15 is 0 Å². The highest BCUT2D eigenvalue weighted by molar-refractivity contribution is 7.12. The lowest BCUT2D eigenvalue weighted by Gasteiger charge is -2.26. The molecule has 2 heteroatoms. The summed E-state index contributed by atoms with van der Waals surface area (Å²) in [5, 5.41) is 3.65. The zero-order chi connectivity index (χ0) is 12.3. The largest absolute Gasteiger partial charge is 0.312 e. The highest BCUT2D eigenvalue weighted by Crippen LogP contribution is 2.28. The average Bonchev–Trinajstić information content (AvgIpc) is 2.58. The van der Waals surface area contributed by atoms with Crippen molar-refractivity contribution in [3.8, 4) is 0 Å². The van der Waals surface area contributed by atoms with Crippen molar-refractivity contribution < 1.29 is 0 Å². The molecule has 0 radical (unpaired) electrons. The molecular formula is C15H25NS. The van der Waals surface area contributed by atoms with Crippen molar-refractivity contribution in [1.82, 2.24) is 5.32 Å². The molecular weight excluding hydrogens is 226 g/mol. The Morgan fingerprint density at radius 2 is 2.18 bits per heavy atom. The molecule has 17 heavy (non-hydrogen) atoms. The summed E-state index contributed by atoms with van der Waals surface area (Å²) in [4.78, 5) is 2.91. The molecule has 1 fully saturated rings. The second-order valence-electron chi connectivity index (χ2n) is 5.71. The van der Waals surface area contributed by atoms with E-state index < -0.39 is 0 Å². The quantitative estimate of drug-likeness (QED) is 0.842. The van der Waals surface area contributed by atoms with Gasteiger partial charge in [0.25, 0.3) is 0 Å². The first kappa shape index (κ1) is 13.1. The third kappa shape index (κ3) is 3.82. The molecule has 2 unspecified atom stereocenters. The molecule has 0 saturated heterocycles. The third-order valence-electron chi connectivity index (χ3n) is 3.94. The van der Waals surface area contributed by atoms with Crippen LogP contribution < -0.4 is 5.32 Å². The molecule has 2 atom stereocenters. The molecule has 0 bridgehead atoms. The fraction of sp³-hybridized carbons (Fsp3) is 0.733. The normalized spacial score (nSPS) is 25.1. The first-order valence-corrected chi connectivity index (χ1v) is 7.73. The van der Waals surface area contributed by atoms with Gasteiger partial charge in [-0.3, -0.25) is 0 Å². The second kappa shape index (κ2) is 6.01. The van der Waals surface area contributed by atoms with Crippen LogP contribution in [0.25, 0.3) is 0 Å². The van der Waals surface area contributed by atoms with Crippen LogP contribution in [0.4, 0.5) is 0 Å². The monoisotopic (exact) mass is 251 g/mol. The van der Waals surface area contributed by atoms with Crippen LogP contribution in [0.1, 0.15) is 47.9 Å². The Kier molecular flexibility index (Phi) is 4.63. The number of aryl methyl sites for hydroxylation is 2. The third-order valence-corrected chi connectivity index (χ3v) is 4.95. The molecule has 1 aromatic heterocycles. The molecule has 1 saturated carbocycles. The van der Waals surface area contributed by atoms with E-state index in [1.165, 1.54) is 47.5 Å². The van der Waals surface area contributed by atoms with Crippen LogP contribution in [0.3, 0.4) is 0 Å². The van der Waals surface area contributed by atoms with Gasteiger partial charge in [-0.05, 0) is 56.7 Å². The Morgan fingerprint density at radius 1 is 1.35 bits per heavy atom. The average molecular weight is 251 g/mol. The molecule has 1 heterocycles. The Labute approximate surface area is 110 Å². The van der Waals surface area contributed by atoms with E-state index in [-0.39, 0.29) is 0 Å². The van der Waals surface area contributed by atoms with Gasteiger partial charge >= 0.3 is 0 Å². The van der Waals surface area contributed by atoms with E-state index in [4.69, 9.17) is 0 Å². The van der Waals surface area contributed by atoms with Crippen molar-refractivity contribution in [3.63, 3.8) is 0 Å². The minimum Gasteiger partial charge on any atom is -0.312 e. The summed E-state index contributed by atoms with van der Waals surface area (Å²) < 4.78 is 0. The maximum atomic E-state index is 3.65. The van der Waals surface area contributed by atoms with E-state index in [0.717, 1.165) is 18.4 Å². The molecule has 0 amide bonds. The number of rotatable bonds is 4. The molecule has 0 aliphatic heterocycles. The van der Waals surface area contributed by atoms with Gasteiger partial charge in [-0.1, -0.05) is 19.8 Å². The predicted molar refractivity (Wildman–Crippen MR) is 76.6 cm³/mol. The minimum absolute atomic E-state index is 0.916. The highest BCUT2D eigenvalue weighted by Gasteiger charge is 2.18. The Balaban J connectivity index is 1.74. The molecule has 1 aliphatic carbocycles. The van der Waals surface area contributed by atoms with Crippen molar-refractivity contribution in [3.05, 3.63) is 21.4 Å². The fourth-order valence-corrected chi connectivity index (χ4v) is 3.96. The number of thiophene rings is 1. The topological polar surface area (TPSA) is 12.0 Å². The van der Waals surface area contributed by atoms with Crippen molar-refractivity contribution in [1.29, 1.82) is 0 Å². The molecule has 2 rings (SSSR count). The first-order valence-electron chi connectivity index (χ1n) is 6.91. The molecule has 1 nitrogen and oxygen atoms in total. The zero-order valence-corrected chi connectivity index (χ0v) is 12.2. The van der Waals surface area contributed by atoms with Crippen LogP contribution in [0, 0.1) is 25.7 Å². The van der Waals surface area contributed by atoms with Crippen molar-refractivity contribution in [2.24, 2.45) is 11.8 Å². The van der Waals surface area contributed by atoms with Gasteiger partial charge in [0, 0.05) is 16.3 Å². The summed E-state index contributed by atoms with van der Waals surface area (Å²) in [6.07, 6.45) is 5.73. The summed E-state index contributed by atoms with van der Waals surface area (Å²) >= 11 is 1.92. The van der Waals surface area contributed by atoms with Gasteiger partial charge in [0.15, 0.2) is 0 Å². The van der Waals surface area contributed by atoms with Crippen LogP contribution in [-0.2, 0) is 6.54 Å². The first-order chi connectivity index (χ1) is 8.15. The number of nitrogens with one attached hydrogen (secondary N) is 1. The standard InChI is InChI=1S/C15H25NS/c1-11-5-4-6-14(7-11)9-16-10-15-8-12(2)17-13(15)3/h8,11,14,16H,4-7,9-10H2,1-3H3. The van der Waals surface area contributed by atoms with Gasteiger partial charge in [-0.2, -0.15) is 0 Å². The van der Waals surface area contributed by atoms with Gasteiger partial charge < -0.3 is 5.32 Å². The molecule has 1 aliphatic rings. The maximum Gasteiger partial charge on any atom is 0.0216 e. The summed E-state index contributed by atoms with van der Waals surface area (Å²) in [5.74, 6) is 1.86. The fourth-order valence-electron chi connectivity index (χ4n) is 3.02. The van der Waals surface area contributed by atoms with Gasteiger partial charge in [0.1, 0.15) is 0 Å².